The average molecular weight is 435 g/mol. The van der Waals surface area contributed by atoms with Gasteiger partial charge >= 0.3 is 5.97 Å². The minimum absolute atomic E-state index is 0.0406. The topological polar surface area (TPSA) is 101 Å². The number of benzene rings is 1. The number of carbonyl (C=O) groups excluding carboxylic acids is 1. The average Bonchev–Trinajstić information content (AvgIpc) is 2.66. The molecule has 0 radical (unpaired) electrons. The smallest absolute Gasteiger partial charge is 0.341 e. The quantitative estimate of drug-likeness (QED) is 0.199. The SMILES string of the molecule is COC(OC)c1cc(-c2cccc([N+](=O)[O-])c2SC)c(C(=O)OC(C)(C)C)c(C)n1. The predicted molar refractivity (Wildman–Crippen MR) is 115 cm³/mol. The molecule has 0 unspecified atom stereocenters. The van der Waals surface area contributed by atoms with Crippen molar-refractivity contribution in [1.29, 1.82) is 0 Å². The Morgan fingerprint density at radius 3 is 2.33 bits per heavy atom. The molecule has 30 heavy (non-hydrogen) atoms. The Morgan fingerprint density at radius 1 is 1.20 bits per heavy atom. The number of aromatic nitrogens is 1. The van der Waals surface area contributed by atoms with E-state index in [-0.39, 0.29) is 11.3 Å². The molecule has 0 amide bonds. The number of ether oxygens (including phenoxy) is 3. The van der Waals surface area contributed by atoms with Crippen LogP contribution in [0.15, 0.2) is 29.2 Å². The van der Waals surface area contributed by atoms with Gasteiger partial charge in [0.1, 0.15) is 5.60 Å². The van der Waals surface area contributed by atoms with Gasteiger partial charge in [0.05, 0.1) is 26.8 Å². The third-order valence-electron chi connectivity index (χ3n) is 4.18. The number of carbonyl (C=O) groups is 1. The molecular weight excluding hydrogens is 408 g/mol. The van der Waals surface area contributed by atoms with Crippen molar-refractivity contribution in [3.05, 3.63) is 51.3 Å². The van der Waals surface area contributed by atoms with Gasteiger partial charge in [0.2, 0.25) is 6.29 Å². The van der Waals surface area contributed by atoms with Gasteiger partial charge in [0.25, 0.3) is 5.69 Å². The molecule has 0 saturated carbocycles. The van der Waals surface area contributed by atoms with Crippen molar-refractivity contribution >= 4 is 23.4 Å². The van der Waals surface area contributed by atoms with Crippen molar-refractivity contribution in [3.63, 3.8) is 0 Å². The van der Waals surface area contributed by atoms with Crippen LogP contribution in [0.1, 0.15) is 48.8 Å². The van der Waals surface area contributed by atoms with Gasteiger partial charge in [-0.25, -0.2) is 4.79 Å². The monoisotopic (exact) mass is 434 g/mol. The first-order valence-corrected chi connectivity index (χ1v) is 10.4. The van der Waals surface area contributed by atoms with E-state index in [2.05, 4.69) is 4.98 Å². The number of nitro benzene ring substituents is 1. The number of rotatable bonds is 7. The first kappa shape index (κ1) is 23.8. The van der Waals surface area contributed by atoms with E-state index in [9.17, 15) is 14.9 Å². The van der Waals surface area contributed by atoms with Crippen LogP contribution in [0.5, 0.6) is 0 Å². The highest BCUT2D eigenvalue weighted by Gasteiger charge is 2.28. The van der Waals surface area contributed by atoms with Crippen LogP contribution in [-0.4, -0.2) is 42.0 Å². The van der Waals surface area contributed by atoms with Gasteiger partial charge in [-0.1, -0.05) is 12.1 Å². The van der Waals surface area contributed by atoms with Crippen LogP contribution in [0, 0.1) is 17.0 Å². The van der Waals surface area contributed by atoms with Gasteiger partial charge < -0.3 is 14.2 Å². The number of thioether (sulfide) groups is 1. The minimum atomic E-state index is -0.758. The Bertz CT molecular complexity index is 951. The van der Waals surface area contributed by atoms with Gasteiger partial charge in [-0.3, -0.25) is 15.1 Å². The molecule has 0 aliphatic rings. The van der Waals surface area contributed by atoms with E-state index in [0.29, 0.717) is 27.4 Å². The Morgan fingerprint density at radius 2 is 1.83 bits per heavy atom. The van der Waals surface area contributed by atoms with E-state index in [1.165, 1.54) is 32.0 Å². The fourth-order valence-corrected chi connectivity index (χ4v) is 3.80. The number of methoxy groups -OCH3 is 2. The fourth-order valence-electron chi connectivity index (χ4n) is 3.05. The number of nitro groups is 1. The highest BCUT2D eigenvalue weighted by Crippen LogP contribution is 2.40. The van der Waals surface area contributed by atoms with Crippen molar-refractivity contribution < 1.29 is 23.9 Å². The lowest BCUT2D eigenvalue weighted by molar-refractivity contribution is -0.387. The normalized spacial score (nSPS) is 11.6. The number of hydrogen-bond acceptors (Lipinski definition) is 8. The molecule has 0 N–H and O–H groups in total. The third-order valence-corrected chi connectivity index (χ3v) is 5.02. The van der Waals surface area contributed by atoms with Crippen molar-refractivity contribution in [2.75, 3.05) is 20.5 Å². The Kier molecular flexibility index (Phi) is 7.57. The molecular formula is C21H26N2O6S. The van der Waals surface area contributed by atoms with E-state index in [1.807, 2.05) is 0 Å². The summed E-state index contributed by atoms with van der Waals surface area (Å²) in [4.78, 5) is 29.1. The summed E-state index contributed by atoms with van der Waals surface area (Å²) in [6, 6.07) is 6.42. The lowest BCUT2D eigenvalue weighted by atomic mass is 9.97. The maximum Gasteiger partial charge on any atom is 0.341 e. The van der Waals surface area contributed by atoms with Crippen molar-refractivity contribution in [1.82, 2.24) is 4.98 Å². The summed E-state index contributed by atoms with van der Waals surface area (Å²) < 4.78 is 16.2. The van der Waals surface area contributed by atoms with Crippen molar-refractivity contribution in [3.8, 4) is 11.1 Å². The number of hydrogen-bond donors (Lipinski definition) is 0. The summed E-state index contributed by atoms with van der Waals surface area (Å²) in [5.41, 5.74) is 1.35. The van der Waals surface area contributed by atoms with E-state index < -0.39 is 22.8 Å². The van der Waals surface area contributed by atoms with E-state index >= 15 is 0 Å². The fraction of sp³-hybridized carbons (Fsp3) is 0.429. The van der Waals surface area contributed by atoms with Crippen molar-refractivity contribution in [2.45, 2.75) is 44.5 Å². The molecule has 0 spiro atoms. The summed E-state index contributed by atoms with van der Waals surface area (Å²) in [5.74, 6) is -0.556. The minimum Gasteiger partial charge on any atom is -0.456 e. The van der Waals surface area contributed by atoms with Crippen LogP contribution < -0.4 is 0 Å². The maximum atomic E-state index is 13.0. The Balaban J connectivity index is 2.85. The van der Waals surface area contributed by atoms with Gasteiger partial charge in [-0.05, 0) is 40.0 Å². The second-order valence-corrected chi connectivity index (χ2v) is 8.29. The molecule has 0 saturated heterocycles. The summed E-state index contributed by atoms with van der Waals surface area (Å²) in [6.45, 7) is 7.00. The van der Waals surface area contributed by atoms with E-state index in [4.69, 9.17) is 14.2 Å². The zero-order valence-electron chi connectivity index (χ0n) is 18.1. The van der Waals surface area contributed by atoms with Gasteiger partial charge in [-0.15, -0.1) is 11.8 Å². The molecule has 2 aromatic rings. The highest BCUT2D eigenvalue weighted by molar-refractivity contribution is 7.98. The van der Waals surface area contributed by atoms with Crippen molar-refractivity contribution in [2.24, 2.45) is 0 Å². The lowest BCUT2D eigenvalue weighted by Crippen LogP contribution is -2.25. The van der Waals surface area contributed by atoms with Crippen LogP contribution >= 0.6 is 11.8 Å². The number of nitrogens with zero attached hydrogens (tertiary/aromatic N) is 2. The molecule has 1 aromatic carbocycles. The van der Waals surface area contributed by atoms with Crippen LogP contribution in [0.4, 0.5) is 5.69 Å². The van der Waals surface area contributed by atoms with Crippen LogP contribution in [0.3, 0.4) is 0 Å². The molecule has 0 atom stereocenters. The van der Waals surface area contributed by atoms with Gasteiger partial charge in [0, 0.05) is 31.4 Å². The molecule has 8 nitrogen and oxygen atoms in total. The molecule has 0 aliphatic carbocycles. The highest BCUT2D eigenvalue weighted by atomic mass is 32.2. The van der Waals surface area contributed by atoms with Crippen LogP contribution in [-0.2, 0) is 14.2 Å². The number of pyridine rings is 1. The molecule has 1 aromatic heterocycles. The molecule has 0 aliphatic heterocycles. The Labute approximate surface area is 180 Å². The lowest BCUT2D eigenvalue weighted by Gasteiger charge is -2.23. The summed E-state index contributed by atoms with van der Waals surface area (Å²) in [6.07, 6.45) is 0.993. The molecule has 0 bridgehead atoms. The first-order valence-electron chi connectivity index (χ1n) is 9.16. The van der Waals surface area contributed by atoms with Gasteiger partial charge in [-0.2, -0.15) is 0 Å². The maximum absolute atomic E-state index is 13.0. The number of esters is 1. The molecule has 162 valence electrons. The Hall–Kier alpha value is -2.49. The molecule has 1 heterocycles. The zero-order valence-corrected chi connectivity index (χ0v) is 19.0. The molecule has 0 fully saturated rings. The predicted octanol–water partition coefficient (Wildman–Crippen LogP) is 4.93. The van der Waals surface area contributed by atoms with E-state index in [1.54, 1.807) is 52.1 Å². The number of aryl methyl sites for hydroxylation is 1. The molecule has 9 heteroatoms. The first-order chi connectivity index (χ1) is 14.0. The third kappa shape index (κ3) is 5.16. The zero-order chi connectivity index (χ0) is 22.6. The van der Waals surface area contributed by atoms with Gasteiger partial charge in [0.15, 0.2) is 0 Å². The van der Waals surface area contributed by atoms with Crippen LogP contribution in [0.2, 0.25) is 0 Å². The standard InChI is InChI=1S/C21H26N2O6S/c1-12-17(19(24)29-21(2,3)4)14(11-15(22-12)20(27-5)28-6)13-9-8-10-16(23(25)26)18(13)30-7/h8-11,20H,1-7H3. The second-order valence-electron chi connectivity index (χ2n) is 7.48. The van der Waals surface area contributed by atoms with Crippen LogP contribution in [0.25, 0.3) is 11.1 Å². The van der Waals surface area contributed by atoms with E-state index in [0.717, 1.165) is 0 Å². The molecule has 2 rings (SSSR count). The summed E-state index contributed by atoms with van der Waals surface area (Å²) >= 11 is 1.23. The second kappa shape index (κ2) is 9.55. The summed E-state index contributed by atoms with van der Waals surface area (Å²) in [5, 5.41) is 11.6. The summed E-state index contributed by atoms with van der Waals surface area (Å²) in [7, 11) is 2.96. The largest absolute Gasteiger partial charge is 0.456 e.